The highest BCUT2D eigenvalue weighted by Gasteiger charge is 2.35. The van der Waals surface area contributed by atoms with Crippen molar-refractivity contribution in [1.29, 1.82) is 0 Å². The van der Waals surface area contributed by atoms with E-state index in [1.165, 1.54) is 0 Å². The molecule has 2 heterocycles. The smallest absolute Gasteiger partial charge is 0.339 e. The van der Waals surface area contributed by atoms with Gasteiger partial charge in [0, 0.05) is 44.7 Å². The minimum Gasteiger partial charge on any atom is -0.497 e. The molecule has 1 amide bonds. The van der Waals surface area contributed by atoms with Crippen molar-refractivity contribution in [2.24, 2.45) is 0 Å². The van der Waals surface area contributed by atoms with E-state index in [9.17, 15) is 9.59 Å². The molecule has 1 saturated heterocycles. The Labute approximate surface area is 176 Å². The highest BCUT2D eigenvalue weighted by Crippen LogP contribution is 2.26. The average molecular weight is 410 g/mol. The highest BCUT2D eigenvalue weighted by atomic mass is 16.5. The number of hydrogen-bond donors (Lipinski definition) is 0. The van der Waals surface area contributed by atoms with E-state index in [2.05, 4.69) is 4.90 Å². The summed E-state index contributed by atoms with van der Waals surface area (Å²) < 4.78 is 16.2. The van der Waals surface area contributed by atoms with Gasteiger partial charge in [-0.2, -0.15) is 0 Å². The van der Waals surface area contributed by atoms with Gasteiger partial charge < -0.3 is 19.1 Å². The minimum absolute atomic E-state index is 0.114. The van der Waals surface area contributed by atoms with E-state index < -0.39 is 12.1 Å². The van der Waals surface area contributed by atoms with Gasteiger partial charge in [0.1, 0.15) is 11.5 Å². The van der Waals surface area contributed by atoms with Crippen LogP contribution in [0, 0.1) is 0 Å². The molecule has 0 aromatic heterocycles. The maximum atomic E-state index is 13.0. The van der Waals surface area contributed by atoms with Gasteiger partial charge in [0.15, 0.2) is 6.10 Å². The largest absolute Gasteiger partial charge is 0.497 e. The summed E-state index contributed by atoms with van der Waals surface area (Å²) in [5.74, 6) is 1.08. The van der Waals surface area contributed by atoms with Crippen LogP contribution in [0.3, 0.4) is 0 Å². The van der Waals surface area contributed by atoms with Crippen molar-refractivity contribution in [3.8, 4) is 11.5 Å². The van der Waals surface area contributed by atoms with Crippen LogP contribution in [-0.4, -0.2) is 68.2 Å². The third kappa shape index (κ3) is 4.11. The van der Waals surface area contributed by atoms with Gasteiger partial charge in [0.2, 0.25) is 0 Å². The van der Waals surface area contributed by atoms with Crippen molar-refractivity contribution in [3.63, 3.8) is 0 Å². The number of cyclic esters (lactones) is 1. The van der Waals surface area contributed by atoms with E-state index in [1.807, 2.05) is 30.3 Å². The van der Waals surface area contributed by atoms with Gasteiger partial charge in [0.05, 0.1) is 19.8 Å². The number of benzene rings is 2. The van der Waals surface area contributed by atoms with Crippen LogP contribution in [0.25, 0.3) is 0 Å². The molecule has 158 valence electrons. The Bertz CT molecular complexity index is 937. The summed E-state index contributed by atoms with van der Waals surface area (Å²) in [4.78, 5) is 29.3. The molecule has 2 aliphatic rings. The second kappa shape index (κ2) is 8.75. The molecule has 1 atom stereocenters. The Balaban J connectivity index is 1.36. The van der Waals surface area contributed by atoms with E-state index >= 15 is 0 Å². The zero-order valence-electron chi connectivity index (χ0n) is 17.3. The molecule has 7 heteroatoms. The van der Waals surface area contributed by atoms with Crippen molar-refractivity contribution in [3.05, 3.63) is 59.2 Å². The first-order valence-electron chi connectivity index (χ1n) is 10.1. The number of nitrogens with zero attached hydrogens (tertiary/aromatic N) is 2. The number of methoxy groups -OCH3 is 2. The molecule has 0 N–H and O–H groups in total. The SMILES string of the molecule is COc1ccc(OC)c(CN2CCN(C(=O)C3Cc4ccccc4C(=O)O3)CC2)c1. The molecule has 2 aliphatic heterocycles. The molecule has 0 bridgehead atoms. The lowest BCUT2D eigenvalue weighted by Gasteiger charge is -2.37. The lowest BCUT2D eigenvalue weighted by molar-refractivity contribution is -0.142. The summed E-state index contributed by atoms with van der Waals surface area (Å²) in [5.41, 5.74) is 2.48. The second-order valence-corrected chi connectivity index (χ2v) is 7.53. The topological polar surface area (TPSA) is 68.3 Å². The summed E-state index contributed by atoms with van der Waals surface area (Å²) in [5, 5.41) is 0. The number of rotatable bonds is 5. The minimum atomic E-state index is -0.738. The number of ether oxygens (including phenoxy) is 3. The number of hydrogen-bond acceptors (Lipinski definition) is 6. The highest BCUT2D eigenvalue weighted by molar-refractivity contribution is 5.95. The quantitative estimate of drug-likeness (QED) is 0.704. The van der Waals surface area contributed by atoms with Gasteiger partial charge in [-0.3, -0.25) is 9.69 Å². The maximum Gasteiger partial charge on any atom is 0.339 e. The Morgan fingerprint density at radius 3 is 2.57 bits per heavy atom. The van der Waals surface area contributed by atoms with Gasteiger partial charge in [-0.25, -0.2) is 4.79 Å². The number of piperazine rings is 1. The molecule has 1 unspecified atom stereocenters. The summed E-state index contributed by atoms with van der Waals surface area (Å²) in [6.45, 7) is 3.39. The van der Waals surface area contributed by atoms with Gasteiger partial charge in [-0.15, -0.1) is 0 Å². The van der Waals surface area contributed by atoms with E-state index in [4.69, 9.17) is 14.2 Å². The molecule has 0 spiro atoms. The number of esters is 1. The Morgan fingerprint density at radius 2 is 1.83 bits per heavy atom. The van der Waals surface area contributed by atoms with Crippen molar-refractivity contribution < 1.29 is 23.8 Å². The van der Waals surface area contributed by atoms with Crippen molar-refractivity contribution in [2.45, 2.75) is 19.1 Å². The first-order chi connectivity index (χ1) is 14.6. The van der Waals surface area contributed by atoms with E-state index in [0.717, 1.165) is 35.7 Å². The molecule has 2 aromatic carbocycles. The van der Waals surface area contributed by atoms with Gasteiger partial charge in [0.25, 0.3) is 5.91 Å². The fourth-order valence-corrected chi connectivity index (χ4v) is 4.05. The van der Waals surface area contributed by atoms with Crippen molar-refractivity contribution in [2.75, 3.05) is 40.4 Å². The van der Waals surface area contributed by atoms with Crippen LogP contribution in [0.2, 0.25) is 0 Å². The van der Waals surface area contributed by atoms with Crippen molar-refractivity contribution >= 4 is 11.9 Å². The summed E-state index contributed by atoms with van der Waals surface area (Å²) in [6, 6.07) is 13.1. The monoisotopic (exact) mass is 410 g/mol. The first-order valence-corrected chi connectivity index (χ1v) is 10.1. The zero-order chi connectivity index (χ0) is 21.1. The number of carbonyl (C=O) groups is 2. The molecule has 7 nitrogen and oxygen atoms in total. The third-order valence-corrected chi connectivity index (χ3v) is 5.73. The van der Waals surface area contributed by atoms with Crippen LogP contribution in [0.5, 0.6) is 11.5 Å². The predicted octanol–water partition coefficient (Wildman–Crippen LogP) is 2.13. The predicted molar refractivity (Wildman–Crippen MR) is 111 cm³/mol. The molecule has 0 saturated carbocycles. The first kappa shape index (κ1) is 20.2. The zero-order valence-corrected chi connectivity index (χ0v) is 17.3. The normalized spacial score (nSPS) is 19.1. The lowest BCUT2D eigenvalue weighted by Crippen LogP contribution is -2.52. The number of fused-ring (bicyclic) bond motifs is 1. The molecule has 4 rings (SSSR count). The van der Waals surface area contributed by atoms with E-state index in [1.54, 1.807) is 31.3 Å². The van der Waals surface area contributed by atoms with Gasteiger partial charge in [-0.1, -0.05) is 18.2 Å². The summed E-state index contributed by atoms with van der Waals surface area (Å²) >= 11 is 0. The van der Waals surface area contributed by atoms with Crippen molar-refractivity contribution in [1.82, 2.24) is 9.80 Å². The number of carbonyl (C=O) groups excluding carboxylic acids is 2. The third-order valence-electron chi connectivity index (χ3n) is 5.73. The molecule has 30 heavy (non-hydrogen) atoms. The molecule has 0 aliphatic carbocycles. The molecular formula is C23H26N2O5. The van der Waals surface area contributed by atoms with E-state index in [-0.39, 0.29) is 5.91 Å². The lowest BCUT2D eigenvalue weighted by atomic mass is 9.98. The molecule has 0 radical (unpaired) electrons. The van der Waals surface area contributed by atoms with Crippen LogP contribution >= 0.6 is 0 Å². The molecular weight excluding hydrogens is 384 g/mol. The van der Waals surface area contributed by atoms with Crippen LogP contribution in [0.15, 0.2) is 42.5 Å². The Hall–Kier alpha value is -3.06. The fraction of sp³-hybridized carbons (Fsp3) is 0.391. The van der Waals surface area contributed by atoms with E-state index in [0.29, 0.717) is 31.6 Å². The summed E-state index contributed by atoms with van der Waals surface area (Å²) in [7, 11) is 3.30. The van der Waals surface area contributed by atoms with Crippen LogP contribution in [0.1, 0.15) is 21.5 Å². The fourth-order valence-electron chi connectivity index (χ4n) is 4.05. The maximum absolute atomic E-state index is 13.0. The van der Waals surface area contributed by atoms with Gasteiger partial charge in [-0.05, 0) is 29.8 Å². The van der Waals surface area contributed by atoms with Crippen LogP contribution in [-0.2, 0) is 22.5 Å². The summed E-state index contributed by atoms with van der Waals surface area (Å²) in [6.07, 6.45) is -0.306. The number of amides is 1. The standard InChI is InChI=1S/C23H26N2O5/c1-28-18-7-8-20(29-2)17(13-18)15-24-9-11-25(12-10-24)22(26)21-14-16-5-3-4-6-19(16)23(27)30-21/h3-8,13,21H,9-12,14-15H2,1-2H3. The van der Waals surface area contributed by atoms with Crippen LogP contribution < -0.4 is 9.47 Å². The Morgan fingerprint density at radius 1 is 1.07 bits per heavy atom. The Kier molecular flexibility index (Phi) is 5.90. The average Bonchev–Trinajstić information content (AvgIpc) is 2.79. The van der Waals surface area contributed by atoms with Gasteiger partial charge >= 0.3 is 5.97 Å². The molecule has 2 aromatic rings. The van der Waals surface area contributed by atoms with Crippen LogP contribution in [0.4, 0.5) is 0 Å². The molecule has 1 fully saturated rings. The second-order valence-electron chi connectivity index (χ2n) is 7.53.